The highest BCUT2D eigenvalue weighted by Gasteiger charge is 2.15. The third-order valence-electron chi connectivity index (χ3n) is 2.76. The maximum Gasteiger partial charge on any atom is 0.196 e. The van der Waals surface area contributed by atoms with E-state index in [1.807, 2.05) is 0 Å². The van der Waals surface area contributed by atoms with Gasteiger partial charge in [0, 0.05) is 6.26 Å². The van der Waals surface area contributed by atoms with Crippen LogP contribution in [0.5, 0.6) is 0 Å². The van der Waals surface area contributed by atoms with E-state index < -0.39 is 27.3 Å². The number of anilines is 3. The van der Waals surface area contributed by atoms with Gasteiger partial charge < -0.3 is 11.1 Å². The third-order valence-corrected chi connectivity index (χ3v) is 3.87. The second-order valence-corrected chi connectivity index (χ2v) is 6.38. The monoisotopic (exact) mass is 316 g/mol. The Morgan fingerprint density at radius 2 is 1.62 bits per heavy atom. The van der Waals surface area contributed by atoms with E-state index in [1.165, 1.54) is 18.2 Å². The average Bonchev–Trinajstić information content (AvgIpc) is 2.40. The van der Waals surface area contributed by atoms with Gasteiger partial charge in [0.1, 0.15) is 0 Å². The molecule has 4 nitrogen and oxygen atoms in total. The summed E-state index contributed by atoms with van der Waals surface area (Å²) >= 11 is 0. The Morgan fingerprint density at radius 1 is 1.00 bits per heavy atom. The molecule has 0 amide bonds. The first-order valence-electron chi connectivity index (χ1n) is 5.70. The molecule has 0 heterocycles. The highest BCUT2D eigenvalue weighted by molar-refractivity contribution is 7.90. The van der Waals surface area contributed by atoms with Crippen LogP contribution in [-0.2, 0) is 9.84 Å². The van der Waals surface area contributed by atoms with E-state index in [2.05, 4.69) is 5.32 Å². The molecule has 0 saturated heterocycles. The molecular formula is C13H11F3N2O2S. The van der Waals surface area contributed by atoms with Crippen LogP contribution in [-0.4, -0.2) is 14.7 Å². The lowest BCUT2D eigenvalue weighted by atomic mass is 10.2. The van der Waals surface area contributed by atoms with Crippen LogP contribution in [0.3, 0.4) is 0 Å². The fraction of sp³-hybridized carbons (Fsp3) is 0.0769. The van der Waals surface area contributed by atoms with Crippen molar-refractivity contribution in [1.29, 1.82) is 0 Å². The fourth-order valence-electron chi connectivity index (χ4n) is 1.65. The summed E-state index contributed by atoms with van der Waals surface area (Å²) in [4.78, 5) is -0.00342. The number of rotatable bonds is 3. The molecule has 3 N–H and O–H groups in total. The van der Waals surface area contributed by atoms with Crippen LogP contribution in [0.1, 0.15) is 0 Å². The van der Waals surface area contributed by atoms with Crippen LogP contribution < -0.4 is 11.1 Å². The first-order valence-corrected chi connectivity index (χ1v) is 7.59. The molecule has 0 atom stereocenters. The predicted molar refractivity (Wildman–Crippen MR) is 73.6 cm³/mol. The lowest BCUT2D eigenvalue weighted by Crippen LogP contribution is -2.03. The van der Waals surface area contributed by atoms with Crippen LogP contribution in [0.25, 0.3) is 0 Å². The topological polar surface area (TPSA) is 72.2 Å². The Hall–Kier alpha value is -2.22. The number of benzene rings is 2. The highest BCUT2D eigenvalue weighted by atomic mass is 32.2. The van der Waals surface area contributed by atoms with Crippen LogP contribution in [0.4, 0.5) is 30.2 Å². The number of halogens is 3. The Kier molecular flexibility index (Phi) is 3.82. The summed E-state index contributed by atoms with van der Waals surface area (Å²) in [6, 6.07) is 5.55. The van der Waals surface area contributed by atoms with E-state index >= 15 is 0 Å². The number of hydrogen-bond acceptors (Lipinski definition) is 4. The van der Waals surface area contributed by atoms with Crippen molar-refractivity contribution < 1.29 is 21.6 Å². The molecule has 112 valence electrons. The van der Waals surface area contributed by atoms with E-state index in [9.17, 15) is 21.6 Å². The molecular weight excluding hydrogens is 305 g/mol. The van der Waals surface area contributed by atoms with Crippen LogP contribution in [0.15, 0.2) is 35.2 Å². The van der Waals surface area contributed by atoms with Crippen molar-refractivity contribution in [3.05, 3.63) is 47.8 Å². The molecule has 8 heteroatoms. The van der Waals surface area contributed by atoms with Crippen molar-refractivity contribution in [2.45, 2.75) is 4.90 Å². The predicted octanol–water partition coefficient (Wildman–Crippen LogP) is 2.83. The Balaban J connectivity index is 2.40. The molecule has 0 aliphatic heterocycles. The Morgan fingerprint density at radius 3 is 2.19 bits per heavy atom. The SMILES string of the molecule is CS(=O)(=O)c1ccc(Nc2ccc(F)c(F)c2F)c(N)c1. The molecule has 2 rings (SSSR count). The number of hydrogen-bond donors (Lipinski definition) is 2. The number of nitrogens with one attached hydrogen (secondary N) is 1. The van der Waals surface area contributed by atoms with Gasteiger partial charge in [-0.15, -0.1) is 0 Å². The van der Waals surface area contributed by atoms with Crippen LogP contribution >= 0.6 is 0 Å². The zero-order valence-electron chi connectivity index (χ0n) is 10.8. The standard InChI is InChI=1S/C13H11F3N2O2S/c1-21(19,20)7-2-4-10(9(17)6-7)18-11-5-3-8(14)12(15)13(11)16/h2-6,18H,17H2,1H3. The molecule has 0 aliphatic carbocycles. The zero-order chi connectivity index (χ0) is 15.8. The van der Waals surface area contributed by atoms with Gasteiger partial charge in [-0.3, -0.25) is 0 Å². The van der Waals surface area contributed by atoms with Crippen LogP contribution in [0, 0.1) is 17.5 Å². The van der Waals surface area contributed by atoms with Gasteiger partial charge in [-0.05, 0) is 30.3 Å². The summed E-state index contributed by atoms with van der Waals surface area (Å²) in [6.45, 7) is 0. The summed E-state index contributed by atoms with van der Waals surface area (Å²) in [5.74, 6) is -4.30. The van der Waals surface area contributed by atoms with Gasteiger partial charge in [0.2, 0.25) is 0 Å². The molecule has 0 bridgehead atoms. The van der Waals surface area contributed by atoms with E-state index in [4.69, 9.17) is 5.73 Å². The van der Waals surface area contributed by atoms with Crippen molar-refractivity contribution in [1.82, 2.24) is 0 Å². The molecule has 2 aromatic carbocycles. The van der Waals surface area contributed by atoms with Gasteiger partial charge in [-0.2, -0.15) is 0 Å². The summed E-state index contributed by atoms with van der Waals surface area (Å²) in [5, 5.41) is 2.49. The van der Waals surface area contributed by atoms with Gasteiger partial charge in [-0.25, -0.2) is 21.6 Å². The molecule has 0 fully saturated rings. The molecule has 0 unspecified atom stereocenters. The van der Waals surface area contributed by atoms with Gasteiger partial charge >= 0.3 is 0 Å². The van der Waals surface area contributed by atoms with E-state index in [1.54, 1.807) is 0 Å². The summed E-state index contributed by atoms with van der Waals surface area (Å²) < 4.78 is 62.2. The second-order valence-electron chi connectivity index (χ2n) is 4.37. The zero-order valence-corrected chi connectivity index (χ0v) is 11.6. The first kappa shape index (κ1) is 15.2. The molecule has 21 heavy (non-hydrogen) atoms. The largest absolute Gasteiger partial charge is 0.397 e. The number of nitrogen functional groups attached to an aromatic ring is 1. The molecule has 2 aromatic rings. The normalized spacial score (nSPS) is 11.4. The van der Waals surface area contributed by atoms with Gasteiger partial charge in [0.25, 0.3) is 0 Å². The van der Waals surface area contributed by atoms with E-state index in [0.717, 1.165) is 18.4 Å². The minimum atomic E-state index is -3.43. The van der Waals surface area contributed by atoms with Crippen molar-refractivity contribution >= 4 is 26.9 Å². The van der Waals surface area contributed by atoms with Gasteiger partial charge in [-0.1, -0.05) is 0 Å². The molecule has 0 spiro atoms. The number of nitrogens with two attached hydrogens (primary N) is 1. The van der Waals surface area contributed by atoms with Gasteiger partial charge in [0.15, 0.2) is 27.3 Å². The summed E-state index contributed by atoms with van der Waals surface area (Å²) in [5.41, 5.74) is 5.56. The van der Waals surface area contributed by atoms with Crippen molar-refractivity contribution in [3.8, 4) is 0 Å². The lowest BCUT2D eigenvalue weighted by molar-refractivity contribution is 0.449. The second kappa shape index (κ2) is 5.28. The highest BCUT2D eigenvalue weighted by Crippen LogP contribution is 2.28. The van der Waals surface area contributed by atoms with Crippen LogP contribution in [0.2, 0.25) is 0 Å². The third kappa shape index (κ3) is 3.10. The Bertz CT molecular complexity index is 807. The summed E-state index contributed by atoms with van der Waals surface area (Å²) in [7, 11) is -3.43. The van der Waals surface area contributed by atoms with E-state index in [-0.39, 0.29) is 22.0 Å². The average molecular weight is 316 g/mol. The molecule has 0 radical (unpaired) electrons. The maximum absolute atomic E-state index is 13.5. The van der Waals surface area contributed by atoms with Crippen molar-refractivity contribution in [2.75, 3.05) is 17.3 Å². The quantitative estimate of drug-likeness (QED) is 0.675. The summed E-state index contributed by atoms with van der Waals surface area (Å²) in [6.07, 6.45) is 1.02. The fourth-order valence-corrected chi connectivity index (χ4v) is 2.31. The first-order chi connectivity index (χ1) is 9.70. The van der Waals surface area contributed by atoms with Gasteiger partial charge in [0.05, 0.1) is 22.0 Å². The maximum atomic E-state index is 13.5. The van der Waals surface area contributed by atoms with E-state index in [0.29, 0.717) is 0 Å². The minimum absolute atomic E-state index is 0.00342. The number of sulfone groups is 1. The molecule has 0 saturated carbocycles. The Labute approximate surface area is 119 Å². The smallest absolute Gasteiger partial charge is 0.196 e. The lowest BCUT2D eigenvalue weighted by Gasteiger charge is -2.11. The van der Waals surface area contributed by atoms with Crippen molar-refractivity contribution in [2.24, 2.45) is 0 Å². The molecule has 0 aliphatic rings. The minimum Gasteiger partial charge on any atom is -0.397 e. The molecule has 0 aromatic heterocycles. The van der Waals surface area contributed by atoms with Crippen molar-refractivity contribution in [3.63, 3.8) is 0 Å².